The SMILES string of the molecule is Cc1[nH]ncc1-c1nnc(CC(C)CC(=O)O)o1. The Bertz CT molecular complexity index is 546. The summed E-state index contributed by atoms with van der Waals surface area (Å²) in [5.74, 6) is -0.0210. The molecular formula is C11H14N4O3. The largest absolute Gasteiger partial charge is 0.481 e. The van der Waals surface area contributed by atoms with E-state index in [9.17, 15) is 4.79 Å². The Morgan fingerprint density at radius 2 is 2.33 bits per heavy atom. The zero-order valence-corrected chi connectivity index (χ0v) is 10.2. The average Bonchev–Trinajstić information content (AvgIpc) is 2.85. The molecular weight excluding hydrogens is 236 g/mol. The molecule has 0 saturated carbocycles. The lowest BCUT2D eigenvalue weighted by molar-refractivity contribution is -0.137. The van der Waals surface area contributed by atoms with Crippen LogP contribution in [0.2, 0.25) is 0 Å². The minimum absolute atomic E-state index is 0.0405. The fourth-order valence-electron chi connectivity index (χ4n) is 1.68. The van der Waals surface area contributed by atoms with Gasteiger partial charge < -0.3 is 9.52 Å². The van der Waals surface area contributed by atoms with E-state index < -0.39 is 5.97 Å². The lowest BCUT2D eigenvalue weighted by Gasteiger charge is -2.03. The van der Waals surface area contributed by atoms with Crippen molar-refractivity contribution >= 4 is 5.97 Å². The van der Waals surface area contributed by atoms with Crippen LogP contribution in [-0.2, 0) is 11.2 Å². The van der Waals surface area contributed by atoms with Gasteiger partial charge in [-0.3, -0.25) is 9.89 Å². The molecule has 2 N–H and O–H groups in total. The highest BCUT2D eigenvalue weighted by Crippen LogP contribution is 2.21. The molecule has 0 spiro atoms. The number of H-pyrrole nitrogens is 1. The zero-order chi connectivity index (χ0) is 13.1. The molecule has 0 aliphatic rings. The minimum Gasteiger partial charge on any atom is -0.481 e. The van der Waals surface area contributed by atoms with Gasteiger partial charge in [0.1, 0.15) is 0 Å². The maximum absolute atomic E-state index is 10.6. The van der Waals surface area contributed by atoms with Crippen molar-refractivity contribution in [2.45, 2.75) is 26.7 Å². The first-order chi connectivity index (χ1) is 8.56. The van der Waals surface area contributed by atoms with Crippen LogP contribution >= 0.6 is 0 Å². The predicted molar refractivity (Wildman–Crippen MR) is 61.7 cm³/mol. The van der Waals surface area contributed by atoms with Gasteiger partial charge in [-0.05, 0) is 12.8 Å². The molecule has 2 rings (SSSR count). The molecule has 2 aromatic rings. The Morgan fingerprint density at radius 3 is 2.94 bits per heavy atom. The van der Waals surface area contributed by atoms with E-state index in [1.807, 2.05) is 13.8 Å². The summed E-state index contributed by atoms with van der Waals surface area (Å²) in [6, 6.07) is 0. The quantitative estimate of drug-likeness (QED) is 0.831. The van der Waals surface area contributed by atoms with E-state index in [1.54, 1.807) is 6.20 Å². The number of aromatic amines is 1. The molecule has 7 nitrogen and oxygen atoms in total. The van der Waals surface area contributed by atoms with Crippen LogP contribution in [0.5, 0.6) is 0 Å². The van der Waals surface area contributed by atoms with E-state index in [4.69, 9.17) is 9.52 Å². The standard InChI is InChI=1S/C11H14N4O3/c1-6(4-10(16)17)3-9-14-15-11(18-9)8-5-12-13-7(8)2/h5-6H,3-4H2,1-2H3,(H,12,13)(H,16,17). The molecule has 2 heterocycles. The van der Waals surface area contributed by atoms with Gasteiger partial charge in [-0.1, -0.05) is 6.92 Å². The van der Waals surface area contributed by atoms with Crippen molar-refractivity contribution in [2.75, 3.05) is 0 Å². The number of aromatic nitrogens is 4. The van der Waals surface area contributed by atoms with Crippen molar-refractivity contribution < 1.29 is 14.3 Å². The van der Waals surface area contributed by atoms with Gasteiger partial charge in [0.2, 0.25) is 5.89 Å². The molecule has 2 aromatic heterocycles. The third-order valence-corrected chi connectivity index (χ3v) is 2.57. The van der Waals surface area contributed by atoms with Crippen LogP contribution in [0.25, 0.3) is 11.5 Å². The second-order valence-corrected chi connectivity index (χ2v) is 4.32. The minimum atomic E-state index is -0.826. The Morgan fingerprint density at radius 1 is 1.56 bits per heavy atom. The highest BCUT2D eigenvalue weighted by molar-refractivity contribution is 5.66. The number of aryl methyl sites for hydroxylation is 1. The second-order valence-electron chi connectivity index (χ2n) is 4.32. The van der Waals surface area contributed by atoms with Crippen LogP contribution in [0.15, 0.2) is 10.6 Å². The maximum Gasteiger partial charge on any atom is 0.303 e. The summed E-state index contributed by atoms with van der Waals surface area (Å²) in [5.41, 5.74) is 1.61. The van der Waals surface area contributed by atoms with Crippen LogP contribution in [0.1, 0.15) is 24.9 Å². The second kappa shape index (κ2) is 4.99. The van der Waals surface area contributed by atoms with Gasteiger partial charge in [0.25, 0.3) is 5.89 Å². The van der Waals surface area contributed by atoms with Crippen LogP contribution < -0.4 is 0 Å². The van der Waals surface area contributed by atoms with E-state index in [0.717, 1.165) is 11.3 Å². The molecule has 0 aliphatic heterocycles. The number of nitrogens with zero attached hydrogens (tertiary/aromatic N) is 3. The Balaban J connectivity index is 2.07. The van der Waals surface area contributed by atoms with Crippen molar-refractivity contribution in [1.29, 1.82) is 0 Å². The molecule has 96 valence electrons. The van der Waals surface area contributed by atoms with E-state index in [2.05, 4.69) is 20.4 Å². The lowest BCUT2D eigenvalue weighted by Crippen LogP contribution is -2.07. The van der Waals surface area contributed by atoms with Gasteiger partial charge in [0.05, 0.1) is 11.8 Å². The number of hydrogen-bond donors (Lipinski definition) is 2. The number of aliphatic carboxylic acids is 1. The molecule has 7 heteroatoms. The molecule has 0 amide bonds. The van der Waals surface area contributed by atoms with Gasteiger partial charge in [0, 0.05) is 18.5 Å². The number of carboxylic acid groups (broad SMARTS) is 1. The van der Waals surface area contributed by atoms with E-state index >= 15 is 0 Å². The lowest BCUT2D eigenvalue weighted by atomic mass is 10.0. The van der Waals surface area contributed by atoms with Crippen LogP contribution in [0, 0.1) is 12.8 Å². The third-order valence-electron chi connectivity index (χ3n) is 2.57. The van der Waals surface area contributed by atoms with Crippen molar-refractivity contribution in [1.82, 2.24) is 20.4 Å². The molecule has 0 aliphatic carbocycles. The number of carbonyl (C=O) groups is 1. The highest BCUT2D eigenvalue weighted by atomic mass is 16.4. The monoisotopic (exact) mass is 250 g/mol. The Kier molecular flexibility index (Phi) is 3.40. The predicted octanol–water partition coefficient (Wildman–Crippen LogP) is 1.42. The number of rotatable bonds is 5. The normalized spacial score (nSPS) is 12.6. The highest BCUT2D eigenvalue weighted by Gasteiger charge is 2.15. The van der Waals surface area contributed by atoms with Gasteiger partial charge in [0.15, 0.2) is 0 Å². The smallest absolute Gasteiger partial charge is 0.303 e. The summed E-state index contributed by atoms with van der Waals surface area (Å²) in [7, 11) is 0. The van der Waals surface area contributed by atoms with Crippen molar-refractivity contribution in [3.05, 3.63) is 17.8 Å². The van der Waals surface area contributed by atoms with E-state index in [-0.39, 0.29) is 12.3 Å². The topological polar surface area (TPSA) is 105 Å². The number of nitrogens with one attached hydrogen (secondary N) is 1. The fraction of sp³-hybridized carbons (Fsp3) is 0.455. The molecule has 1 atom stereocenters. The molecule has 18 heavy (non-hydrogen) atoms. The number of hydrogen-bond acceptors (Lipinski definition) is 5. The molecule has 0 bridgehead atoms. The molecule has 0 aromatic carbocycles. The summed E-state index contributed by atoms with van der Waals surface area (Å²) in [6.45, 7) is 3.69. The summed E-state index contributed by atoms with van der Waals surface area (Å²) < 4.78 is 5.49. The molecule has 0 saturated heterocycles. The third kappa shape index (κ3) is 2.73. The molecule has 0 radical (unpaired) electrons. The van der Waals surface area contributed by atoms with Crippen LogP contribution in [0.3, 0.4) is 0 Å². The summed E-state index contributed by atoms with van der Waals surface area (Å²) in [5, 5.41) is 23.2. The van der Waals surface area contributed by atoms with Gasteiger partial charge in [-0.15, -0.1) is 10.2 Å². The first-order valence-electron chi connectivity index (χ1n) is 5.60. The van der Waals surface area contributed by atoms with Gasteiger partial charge >= 0.3 is 5.97 Å². The summed E-state index contributed by atoms with van der Waals surface area (Å²) in [4.78, 5) is 10.6. The van der Waals surface area contributed by atoms with Crippen LogP contribution in [-0.4, -0.2) is 31.5 Å². The number of carboxylic acids is 1. The molecule has 1 unspecified atom stereocenters. The summed E-state index contributed by atoms with van der Waals surface area (Å²) in [6.07, 6.45) is 2.16. The van der Waals surface area contributed by atoms with Crippen molar-refractivity contribution in [2.24, 2.45) is 5.92 Å². The van der Waals surface area contributed by atoms with Crippen LogP contribution in [0.4, 0.5) is 0 Å². The first-order valence-corrected chi connectivity index (χ1v) is 5.60. The Labute approximate surface area is 103 Å². The molecule has 0 fully saturated rings. The van der Waals surface area contributed by atoms with Crippen molar-refractivity contribution in [3.63, 3.8) is 0 Å². The zero-order valence-electron chi connectivity index (χ0n) is 10.2. The van der Waals surface area contributed by atoms with Gasteiger partial charge in [-0.25, -0.2) is 0 Å². The maximum atomic E-state index is 10.6. The Hall–Kier alpha value is -2.18. The fourth-order valence-corrected chi connectivity index (χ4v) is 1.68. The van der Waals surface area contributed by atoms with E-state index in [0.29, 0.717) is 18.2 Å². The summed E-state index contributed by atoms with van der Waals surface area (Å²) >= 11 is 0. The van der Waals surface area contributed by atoms with E-state index in [1.165, 1.54) is 0 Å². The first kappa shape index (κ1) is 12.3. The van der Waals surface area contributed by atoms with Gasteiger partial charge in [-0.2, -0.15) is 5.10 Å². The average molecular weight is 250 g/mol. The van der Waals surface area contributed by atoms with Crippen molar-refractivity contribution in [3.8, 4) is 11.5 Å².